The SMILES string of the molecule is NC[C@@H](CC(=O)c1cc2c(s1)CCCn1ncc(Cl)c1-2)Cc1ccc(F)c(F)c1.NC[C@H](Cc1ccc(F)c(F)c1)NC(=O)c1cc2c(s1)CCCn1ncc(Cl)c1-2.N[C@@H](Cc1ccc(F)c(F)c1)CN1C(=O)c2ccccc2C1=O.O=C(N[C@@H](Cc1ccc(F)c(F)c1)CN1C(=O)c2ccccc2C1=O)c1cc2c(s1)CCCn1ncc(Cl)c1-2.O=C(O)c1cc2c(s1)CCCn1ncc(Cl)c1-2. The number of carbonyl (C=O) groups is 8. The van der Waals surface area contributed by atoms with E-state index in [1.165, 1.54) is 75.7 Å². The average Bonchev–Trinajstić information content (AvgIpc) is 1.62. The Balaban J connectivity index is 0.000000127. The molecule has 14 heterocycles. The van der Waals surface area contributed by atoms with Gasteiger partial charge in [0, 0.05) is 106 Å². The lowest BCUT2D eigenvalue weighted by atomic mass is 9.93. The number of fused-ring (bicyclic) bond motifs is 14. The van der Waals surface area contributed by atoms with Crippen molar-refractivity contribution in [2.45, 2.75) is 128 Å². The summed E-state index contributed by atoms with van der Waals surface area (Å²) in [5.74, 6) is -10.9. The van der Waals surface area contributed by atoms with Crippen LogP contribution in [0.2, 0.25) is 20.1 Å². The molecule has 9 N–H and O–H groups in total. The Morgan fingerprint density at radius 1 is 0.380 bits per heavy atom. The van der Waals surface area contributed by atoms with Crippen molar-refractivity contribution in [2.75, 3.05) is 26.2 Å². The minimum absolute atomic E-state index is 0.00305. The summed E-state index contributed by atoms with van der Waals surface area (Å²) in [5, 5.41) is 34.3. The Bertz CT molecular complexity index is 6790. The summed E-state index contributed by atoms with van der Waals surface area (Å²) >= 11 is 30.8. The number of amides is 6. The second-order valence-electron chi connectivity index (χ2n) is 33.2. The van der Waals surface area contributed by atoms with Crippen LogP contribution in [-0.2, 0) is 77.5 Å². The molecule has 0 spiro atoms. The van der Waals surface area contributed by atoms with Gasteiger partial charge in [-0.15, -0.1) is 45.3 Å². The molecule has 40 heteroatoms. The molecule has 8 aromatic heterocycles. The lowest BCUT2D eigenvalue weighted by molar-refractivity contribution is 0.0622. The van der Waals surface area contributed by atoms with Crippen molar-refractivity contribution in [1.82, 2.24) is 59.6 Å². The van der Waals surface area contributed by atoms with Crippen LogP contribution < -0.4 is 27.8 Å². The number of aromatic nitrogens is 8. The van der Waals surface area contributed by atoms with E-state index in [2.05, 4.69) is 31.0 Å². The number of hydrogen-bond acceptors (Lipinski definition) is 19. The van der Waals surface area contributed by atoms with Gasteiger partial charge in [0.1, 0.15) is 4.88 Å². The van der Waals surface area contributed by atoms with Crippen LogP contribution in [0.15, 0.2) is 170 Å². The van der Waals surface area contributed by atoms with Gasteiger partial charge in [0.25, 0.3) is 35.4 Å². The van der Waals surface area contributed by atoms with Crippen LogP contribution in [-0.4, -0.2) is 146 Å². The van der Waals surface area contributed by atoms with Gasteiger partial charge < -0.3 is 32.9 Å². The van der Waals surface area contributed by atoms with Crippen molar-refractivity contribution in [3.8, 4) is 45.0 Å². The number of nitrogens with two attached hydrogens (primary N) is 3. The number of hydrogen-bond donors (Lipinski definition) is 6. The summed E-state index contributed by atoms with van der Waals surface area (Å²) in [5.41, 5.74) is 28.0. The largest absolute Gasteiger partial charge is 0.477 e. The van der Waals surface area contributed by atoms with Crippen LogP contribution in [0.3, 0.4) is 0 Å². The number of aromatic carboxylic acids is 1. The summed E-state index contributed by atoms with van der Waals surface area (Å²) in [6.45, 7) is 3.48. The molecule has 0 bridgehead atoms. The molecule has 20 rings (SSSR count). The van der Waals surface area contributed by atoms with E-state index in [9.17, 15) is 73.5 Å². The maximum atomic E-state index is 14.0. The van der Waals surface area contributed by atoms with Gasteiger partial charge >= 0.3 is 5.97 Å². The predicted molar refractivity (Wildman–Crippen MR) is 507 cm³/mol. The van der Waals surface area contributed by atoms with Gasteiger partial charge in [-0.05, 0) is 209 Å². The quantitative estimate of drug-likeness (QED) is 0.0209. The highest BCUT2D eigenvalue weighted by Crippen LogP contribution is 2.44. The van der Waals surface area contributed by atoms with Crippen LogP contribution in [0, 0.1) is 52.5 Å². The Kier molecular flexibility index (Phi) is 30.6. The molecular formula is C97H83Cl4F8N15O9S4. The summed E-state index contributed by atoms with van der Waals surface area (Å²) < 4.78 is 114. The van der Waals surface area contributed by atoms with E-state index >= 15 is 0 Å². The molecule has 0 unspecified atom stereocenters. The van der Waals surface area contributed by atoms with Gasteiger partial charge in [-0.25, -0.2) is 39.9 Å². The van der Waals surface area contributed by atoms with Crippen molar-refractivity contribution in [3.05, 3.63) is 321 Å². The number of halogens is 12. The zero-order valence-electron chi connectivity index (χ0n) is 72.4. The van der Waals surface area contributed by atoms with Crippen LogP contribution in [0.1, 0.15) is 154 Å². The van der Waals surface area contributed by atoms with E-state index in [1.807, 2.05) is 30.9 Å². The number of benzene rings is 6. The lowest BCUT2D eigenvalue weighted by Crippen LogP contribution is -2.46. The standard InChI is InChI=1S/C28H21ClF2N4O3S.C21H20ClF2N3OS.C20H19ClF2N4OS.C17H14F2N2O2.C11H9ClN2O2S/c29-20-13-32-35-9-3-6-23-19(25(20)35)12-24(39-23)26(36)33-16(10-15-7-8-21(30)22(31)11-15)14-34-27(37)17-4-1-2-5-18(17)28(34)38;22-15-11-26-27-5-1-2-19-14(21(15)27)9-20(29-19)18(28)8-13(10-25)6-12-3-4-16(23)17(24)7-12;21-14-10-25-27-5-1-2-17-13(19(14)27)8-18(29-17)20(28)26-12(9-24)6-11-3-4-15(22)16(23)7-11;18-14-6-5-10(8-15(14)19)7-11(20)9-21-16(22)12-3-1-2-4-13(12)17(21)23;12-7-5-13-14-3-1-2-8-6(10(7)14)4-9(17-8)11(15)16/h1-2,4-5,7-8,11-13,16H,3,6,9-10,14H2,(H,33,36);3-4,7,9,11,13H,1-2,5-6,8,10,25H2;3-4,7-8,10,12H,1-2,5-6,9,24H2,(H,26,28);1-6,8,11H,7,9,20H2;4-5H,1-3H2,(H,15,16)/t16-;13-;12-;11-;/m0100./s1. The first kappa shape index (κ1) is 97.9. The lowest BCUT2D eigenvalue weighted by Gasteiger charge is -2.24. The number of nitrogens with one attached hydrogen (secondary N) is 2. The van der Waals surface area contributed by atoms with Gasteiger partial charge in [0.15, 0.2) is 52.3 Å². The van der Waals surface area contributed by atoms with E-state index in [0.29, 0.717) is 85.8 Å². The highest BCUT2D eigenvalue weighted by Gasteiger charge is 2.40. The van der Waals surface area contributed by atoms with Crippen molar-refractivity contribution >= 4 is 139 Å². The van der Waals surface area contributed by atoms with Crippen molar-refractivity contribution in [2.24, 2.45) is 23.1 Å². The maximum absolute atomic E-state index is 14.0. The Morgan fingerprint density at radius 3 is 1.03 bits per heavy atom. The summed E-state index contributed by atoms with van der Waals surface area (Å²) in [4.78, 5) is 109. The second kappa shape index (κ2) is 42.8. The number of rotatable bonds is 22. The molecule has 137 heavy (non-hydrogen) atoms. The molecule has 24 nitrogen and oxygen atoms in total. The Labute approximate surface area is 813 Å². The minimum atomic E-state index is -1.02. The van der Waals surface area contributed by atoms with Crippen LogP contribution in [0.25, 0.3) is 45.0 Å². The van der Waals surface area contributed by atoms with Gasteiger partial charge in [-0.3, -0.25) is 62.1 Å². The van der Waals surface area contributed by atoms with Crippen molar-refractivity contribution in [3.63, 3.8) is 0 Å². The van der Waals surface area contributed by atoms with E-state index in [0.717, 1.165) is 194 Å². The first-order chi connectivity index (χ1) is 65.8. The minimum Gasteiger partial charge on any atom is -0.477 e. The number of Topliss-reactive ketones (excluding diaryl/α,β-unsaturated/α-hetero) is 1. The molecule has 0 aliphatic carbocycles. The number of carboxylic acid groups (broad SMARTS) is 1. The first-order valence-electron chi connectivity index (χ1n) is 43.4. The smallest absolute Gasteiger partial charge is 0.345 e. The number of imide groups is 2. The Morgan fingerprint density at radius 2 is 0.686 bits per heavy atom. The highest BCUT2D eigenvalue weighted by molar-refractivity contribution is 7.15. The molecule has 6 aliphatic heterocycles. The van der Waals surface area contributed by atoms with Crippen molar-refractivity contribution in [1.29, 1.82) is 0 Å². The number of thiophene rings is 4. The summed E-state index contributed by atoms with van der Waals surface area (Å²) in [6.07, 6.45) is 14.8. The molecule has 14 aromatic rings. The molecule has 708 valence electrons. The monoisotopic (exact) mass is 2020 g/mol. The zero-order chi connectivity index (χ0) is 96.9. The van der Waals surface area contributed by atoms with Gasteiger partial charge in [0.05, 0.1) is 111 Å². The molecule has 0 radical (unpaired) electrons. The second-order valence-corrected chi connectivity index (χ2v) is 39.4. The molecule has 0 fully saturated rings. The molecule has 0 saturated heterocycles. The topological polar surface area (TPSA) is 337 Å². The van der Waals surface area contributed by atoms with Gasteiger partial charge in [-0.2, -0.15) is 20.4 Å². The summed E-state index contributed by atoms with van der Waals surface area (Å²) in [6, 6.07) is 33.0. The number of carbonyl (C=O) groups excluding carboxylic acids is 7. The number of nitrogens with zero attached hydrogens (tertiary/aromatic N) is 10. The highest BCUT2D eigenvalue weighted by atomic mass is 35.5. The summed E-state index contributed by atoms with van der Waals surface area (Å²) in [7, 11) is 0. The van der Waals surface area contributed by atoms with Crippen molar-refractivity contribution < 1.29 is 78.6 Å². The van der Waals surface area contributed by atoms with E-state index in [1.54, 1.807) is 85.5 Å². The number of ketones is 1. The van der Waals surface area contributed by atoms with E-state index in [-0.39, 0.29) is 86.0 Å². The first-order valence-corrected chi connectivity index (χ1v) is 48.2. The molecule has 6 amide bonds. The number of aryl methyl sites for hydroxylation is 8. The maximum Gasteiger partial charge on any atom is 0.345 e. The molecule has 6 aliphatic rings. The zero-order valence-corrected chi connectivity index (χ0v) is 78.7. The van der Waals surface area contributed by atoms with Crippen LogP contribution >= 0.6 is 91.8 Å². The van der Waals surface area contributed by atoms with Crippen LogP contribution in [0.5, 0.6) is 0 Å². The van der Waals surface area contributed by atoms with Crippen LogP contribution in [0.4, 0.5) is 35.1 Å². The predicted octanol–water partition coefficient (Wildman–Crippen LogP) is 18.8. The Hall–Kier alpha value is -12.2. The molecular weight excluding hydrogens is 1940 g/mol. The van der Waals surface area contributed by atoms with E-state index < -0.39 is 88.4 Å². The molecule has 0 saturated carbocycles. The fourth-order valence-electron chi connectivity index (χ4n) is 17.2. The molecule has 6 aromatic carbocycles. The normalized spacial score (nSPS) is 14.5. The van der Waals surface area contributed by atoms with E-state index in [4.69, 9.17) is 68.7 Å². The average molecular weight is 2020 g/mol. The number of carboxylic acids is 1. The molecule has 4 atom stereocenters. The van der Waals surface area contributed by atoms with Gasteiger partial charge in [0.2, 0.25) is 0 Å². The van der Waals surface area contributed by atoms with Gasteiger partial charge in [-0.1, -0.05) is 94.9 Å². The fraction of sp³-hybridized carbons (Fsp3) is 0.258. The third-order valence-corrected chi connectivity index (χ3v) is 29.6. The fourth-order valence-corrected chi connectivity index (χ4v) is 22.5. The third kappa shape index (κ3) is 21.9. The third-order valence-electron chi connectivity index (χ3n) is 23.7.